The summed E-state index contributed by atoms with van der Waals surface area (Å²) in [5.41, 5.74) is -0.00344. The Kier molecular flexibility index (Phi) is 5.30. The van der Waals surface area contributed by atoms with Gasteiger partial charge in [0.2, 0.25) is 11.2 Å². The van der Waals surface area contributed by atoms with Gasteiger partial charge in [0.25, 0.3) is 0 Å². The van der Waals surface area contributed by atoms with Gasteiger partial charge in [-0.2, -0.15) is 0 Å². The van der Waals surface area contributed by atoms with Crippen molar-refractivity contribution in [2.24, 2.45) is 0 Å². The summed E-state index contributed by atoms with van der Waals surface area (Å²) < 4.78 is 26.3. The molecule has 0 amide bonds. The lowest BCUT2D eigenvalue weighted by molar-refractivity contribution is -0.147. The van der Waals surface area contributed by atoms with Crippen LogP contribution in [0, 0.1) is 0 Å². The molecule has 0 aliphatic carbocycles. The van der Waals surface area contributed by atoms with Crippen molar-refractivity contribution in [3.63, 3.8) is 0 Å². The summed E-state index contributed by atoms with van der Waals surface area (Å²) in [5.74, 6) is 1.10. The van der Waals surface area contributed by atoms with E-state index >= 15 is 0 Å². The molecule has 3 aromatic rings. The Balaban J connectivity index is 1.85. The number of carbonyl (C=O) groups excluding carboxylic acids is 1. The third-order valence-electron chi connectivity index (χ3n) is 3.85. The minimum Gasteiger partial charge on any atom is -0.497 e. The monoisotopic (exact) mass is 370 g/mol. The molecule has 140 valence electrons. The second-order valence-electron chi connectivity index (χ2n) is 5.65. The van der Waals surface area contributed by atoms with E-state index < -0.39 is 12.1 Å². The van der Waals surface area contributed by atoms with Crippen molar-refractivity contribution in [2.75, 3.05) is 14.2 Å². The lowest BCUT2D eigenvalue weighted by atomic mass is 10.2. The van der Waals surface area contributed by atoms with Crippen molar-refractivity contribution in [1.82, 2.24) is 0 Å². The van der Waals surface area contributed by atoms with Gasteiger partial charge in [0.15, 0.2) is 6.10 Å². The number of hydrogen-bond donors (Lipinski definition) is 0. The fraction of sp³-hybridized carbons (Fsp3) is 0.200. The second kappa shape index (κ2) is 7.82. The van der Waals surface area contributed by atoms with Crippen LogP contribution in [0.3, 0.4) is 0 Å². The summed E-state index contributed by atoms with van der Waals surface area (Å²) in [5, 5.41) is 0.332. The van der Waals surface area contributed by atoms with Gasteiger partial charge in [0.1, 0.15) is 29.1 Å². The van der Waals surface area contributed by atoms with Crippen molar-refractivity contribution in [3.05, 3.63) is 59.0 Å². The molecule has 1 atom stereocenters. The van der Waals surface area contributed by atoms with Crippen LogP contribution in [0.1, 0.15) is 6.92 Å². The zero-order valence-corrected chi connectivity index (χ0v) is 15.1. The van der Waals surface area contributed by atoms with E-state index in [0.29, 0.717) is 28.2 Å². The predicted molar refractivity (Wildman–Crippen MR) is 97.7 cm³/mol. The Morgan fingerprint density at radius 1 is 1.00 bits per heavy atom. The molecule has 27 heavy (non-hydrogen) atoms. The van der Waals surface area contributed by atoms with Crippen molar-refractivity contribution in [3.8, 4) is 23.0 Å². The number of rotatable bonds is 6. The van der Waals surface area contributed by atoms with Crippen LogP contribution in [0.25, 0.3) is 11.0 Å². The summed E-state index contributed by atoms with van der Waals surface area (Å²) in [6.07, 6.45) is 0.458. The number of carbonyl (C=O) groups is 1. The van der Waals surface area contributed by atoms with Gasteiger partial charge in [-0.25, -0.2) is 4.79 Å². The second-order valence-corrected chi connectivity index (χ2v) is 5.65. The van der Waals surface area contributed by atoms with Crippen molar-refractivity contribution in [1.29, 1.82) is 0 Å². The minimum absolute atomic E-state index is 0.0595. The third-order valence-corrected chi connectivity index (χ3v) is 3.85. The molecule has 0 aliphatic heterocycles. The Morgan fingerprint density at radius 2 is 1.67 bits per heavy atom. The Hall–Kier alpha value is -3.48. The van der Waals surface area contributed by atoms with Crippen LogP contribution in [0.4, 0.5) is 0 Å². The molecule has 0 aliphatic rings. The molecule has 0 saturated heterocycles. The van der Waals surface area contributed by atoms with E-state index in [1.165, 1.54) is 19.4 Å². The first-order chi connectivity index (χ1) is 13.0. The molecule has 7 nitrogen and oxygen atoms in total. The highest BCUT2D eigenvalue weighted by atomic mass is 16.6. The fourth-order valence-corrected chi connectivity index (χ4v) is 2.42. The molecular weight excluding hydrogens is 352 g/mol. The molecule has 2 aromatic carbocycles. The number of ether oxygens (including phenoxy) is 4. The van der Waals surface area contributed by atoms with Crippen LogP contribution in [0.15, 0.2) is 57.9 Å². The zero-order valence-electron chi connectivity index (χ0n) is 15.1. The number of methoxy groups -OCH3 is 2. The smallest absolute Gasteiger partial charge is 0.346 e. The maximum Gasteiger partial charge on any atom is 0.346 e. The molecule has 1 heterocycles. The van der Waals surface area contributed by atoms with Crippen LogP contribution >= 0.6 is 0 Å². The van der Waals surface area contributed by atoms with Crippen molar-refractivity contribution >= 4 is 16.9 Å². The SMILES string of the molecule is COC(=O)[C@H](C)Oc1ccc2c(=O)c(Oc3ccc(OC)cc3)coc2c1. The maximum absolute atomic E-state index is 12.6. The first-order valence-electron chi connectivity index (χ1n) is 8.13. The molecule has 0 saturated carbocycles. The number of esters is 1. The van der Waals surface area contributed by atoms with Gasteiger partial charge in [-0.15, -0.1) is 0 Å². The maximum atomic E-state index is 12.6. The molecule has 0 bridgehead atoms. The Labute approximate surface area is 155 Å². The number of fused-ring (bicyclic) bond motifs is 1. The van der Waals surface area contributed by atoms with Gasteiger partial charge in [0.05, 0.1) is 19.6 Å². The van der Waals surface area contributed by atoms with Gasteiger partial charge >= 0.3 is 5.97 Å². The molecule has 1 aromatic heterocycles. The standard InChI is InChI=1S/C20H18O7/c1-12(20(22)24-3)26-15-8-9-16-17(10-15)25-11-18(19(16)21)27-14-6-4-13(23-2)5-7-14/h4-12H,1-3H3/t12-/m0/s1. The molecule has 0 radical (unpaired) electrons. The van der Waals surface area contributed by atoms with Crippen molar-refractivity contribution in [2.45, 2.75) is 13.0 Å². The van der Waals surface area contributed by atoms with E-state index in [1.807, 2.05) is 0 Å². The van der Waals surface area contributed by atoms with Gasteiger partial charge < -0.3 is 23.4 Å². The summed E-state index contributed by atoms with van der Waals surface area (Å²) in [4.78, 5) is 24.1. The van der Waals surface area contributed by atoms with Gasteiger partial charge in [-0.05, 0) is 43.3 Å². The lowest BCUT2D eigenvalue weighted by Crippen LogP contribution is -2.24. The number of hydrogen-bond acceptors (Lipinski definition) is 7. The van der Waals surface area contributed by atoms with E-state index in [1.54, 1.807) is 50.4 Å². The topological polar surface area (TPSA) is 84.2 Å². The summed E-state index contributed by atoms with van der Waals surface area (Å²) in [7, 11) is 2.85. The highest BCUT2D eigenvalue weighted by Gasteiger charge is 2.16. The van der Waals surface area contributed by atoms with Crippen LogP contribution in [-0.2, 0) is 9.53 Å². The molecule has 0 spiro atoms. The van der Waals surface area contributed by atoms with E-state index in [4.69, 9.17) is 18.6 Å². The Bertz CT molecular complexity index is 1010. The minimum atomic E-state index is -0.781. The third kappa shape index (κ3) is 4.03. The fourth-order valence-electron chi connectivity index (χ4n) is 2.42. The lowest BCUT2D eigenvalue weighted by Gasteiger charge is -2.12. The summed E-state index contributed by atoms with van der Waals surface area (Å²) in [6.45, 7) is 1.57. The average Bonchev–Trinajstić information content (AvgIpc) is 2.70. The zero-order chi connectivity index (χ0) is 19.4. The summed E-state index contributed by atoms with van der Waals surface area (Å²) >= 11 is 0. The van der Waals surface area contributed by atoms with Gasteiger partial charge in [-0.1, -0.05) is 0 Å². The van der Waals surface area contributed by atoms with Crippen LogP contribution in [0.2, 0.25) is 0 Å². The molecule has 0 fully saturated rings. The van der Waals surface area contributed by atoms with Crippen LogP contribution in [0.5, 0.6) is 23.0 Å². The van der Waals surface area contributed by atoms with Gasteiger partial charge in [0, 0.05) is 6.07 Å². The van der Waals surface area contributed by atoms with E-state index in [2.05, 4.69) is 4.74 Å². The molecular formula is C20H18O7. The van der Waals surface area contributed by atoms with Crippen molar-refractivity contribution < 1.29 is 28.2 Å². The predicted octanol–water partition coefficient (Wildman–Crippen LogP) is 3.53. The summed E-state index contributed by atoms with van der Waals surface area (Å²) in [6, 6.07) is 11.5. The molecule has 0 N–H and O–H groups in total. The first-order valence-corrected chi connectivity index (χ1v) is 8.13. The largest absolute Gasteiger partial charge is 0.497 e. The highest BCUT2D eigenvalue weighted by Crippen LogP contribution is 2.25. The van der Waals surface area contributed by atoms with Gasteiger partial charge in [-0.3, -0.25) is 4.79 Å². The Morgan fingerprint density at radius 3 is 2.33 bits per heavy atom. The number of benzene rings is 2. The molecule has 0 unspecified atom stereocenters. The molecule has 7 heteroatoms. The van der Waals surface area contributed by atoms with E-state index in [0.717, 1.165) is 0 Å². The first kappa shape index (κ1) is 18.3. The van der Waals surface area contributed by atoms with E-state index in [-0.39, 0.29) is 11.2 Å². The highest BCUT2D eigenvalue weighted by molar-refractivity contribution is 5.79. The van der Waals surface area contributed by atoms with Crippen LogP contribution in [-0.4, -0.2) is 26.3 Å². The van der Waals surface area contributed by atoms with E-state index in [9.17, 15) is 9.59 Å². The average molecular weight is 370 g/mol. The van der Waals surface area contributed by atoms with Crippen LogP contribution < -0.4 is 19.6 Å². The quantitative estimate of drug-likeness (QED) is 0.614. The molecule has 3 rings (SSSR count). The normalized spacial score (nSPS) is 11.7.